The lowest BCUT2D eigenvalue weighted by Crippen LogP contribution is -2.34. The van der Waals surface area contributed by atoms with Gasteiger partial charge in [-0.2, -0.15) is 4.98 Å². The van der Waals surface area contributed by atoms with Crippen LogP contribution in [0, 0.1) is 0 Å². The second-order valence-electron chi connectivity index (χ2n) is 5.23. The number of aryl methyl sites for hydroxylation is 2. The van der Waals surface area contributed by atoms with Crippen LogP contribution in [0.3, 0.4) is 0 Å². The third-order valence-electron chi connectivity index (χ3n) is 3.79. The standard InChI is InChI=1S/C14H18N4O/c15-14(7-1-2-8-14)13-17-12(19-18-13)4-3-11-5-9-16-10-6-11/h5-6,9-10H,1-4,7-8,15H2. The Bertz CT molecular complexity index is 531. The zero-order chi connectivity index (χ0) is 13.1. The zero-order valence-electron chi connectivity index (χ0n) is 10.9. The molecule has 1 saturated carbocycles. The predicted octanol–water partition coefficient (Wildman–Crippen LogP) is 1.98. The summed E-state index contributed by atoms with van der Waals surface area (Å²) in [5.74, 6) is 1.35. The van der Waals surface area contributed by atoms with Gasteiger partial charge in [0.25, 0.3) is 0 Å². The van der Waals surface area contributed by atoms with Gasteiger partial charge < -0.3 is 10.3 Å². The summed E-state index contributed by atoms with van der Waals surface area (Å²) in [6.45, 7) is 0. The SMILES string of the molecule is NC1(c2noc(CCc3ccncc3)n2)CCCC1. The molecule has 100 valence electrons. The van der Waals surface area contributed by atoms with E-state index in [2.05, 4.69) is 15.1 Å². The molecule has 0 aliphatic heterocycles. The Labute approximate surface area is 112 Å². The fourth-order valence-corrected chi connectivity index (χ4v) is 2.59. The Morgan fingerprint density at radius 1 is 1.16 bits per heavy atom. The first-order chi connectivity index (χ1) is 9.26. The summed E-state index contributed by atoms with van der Waals surface area (Å²) in [6.07, 6.45) is 9.42. The Kier molecular flexibility index (Phi) is 3.29. The smallest absolute Gasteiger partial charge is 0.227 e. The maximum Gasteiger partial charge on any atom is 0.227 e. The molecule has 1 fully saturated rings. The molecule has 3 rings (SSSR count). The van der Waals surface area contributed by atoms with Gasteiger partial charge in [-0.15, -0.1) is 0 Å². The van der Waals surface area contributed by atoms with Crippen molar-refractivity contribution < 1.29 is 4.52 Å². The maximum atomic E-state index is 6.31. The summed E-state index contributed by atoms with van der Waals surface area (Å²) < 4.78 is 5.31. The normalized spacial score (nSPS) is 17.7. The van der Waals surface area contributed by atoms with Crippen molar-refractivity contribution in [2.75, 3.05) is 0 Å². The maximum absolute atomic E-state index is 6.31. The molecule has 0 aromatic carbocycles. The molecular formula is C14H18N4O. The van der Waals surface area contributed by atoms with Crippen LogP contribution in [-0.4, -0.2) is 15.1 Å². The molecule has 2 N–H and O–H groups in total. The summed E-state index contributed by atoms with van der Waals surface area (Å²) in [5, 5.41) is 4.06. The van der Waals surface area contributed by atoms with Crippen molar-refractivity contribution in [1.29, 1.82) is 0 Å². The van der Waals surface area contributed by atoms with E-state index in [4.69, 9.17) is 10.3 Å². The minimum Gasteiger partial charge on any atom is -0.339 e. The van der Waals surface area contributed by atoms with Crippen LogP contribution in [0.25, 0.3) is 0 Å². The van der Waals surface area contributed by atoms with Crippen LogP contribution >= 0.6 is 0 Å². The van der Waals surface area contributed by atoms with Gasteiger partial charge >= 0.3 is 0 Å². The number of nitrogens with zero attached hydrogens (tertiary/aromatic N) is 3. The Morgan fingerprint density at radius 3 is 2.63 bits per heavy atom. The number of rotatable bonds is 4. The minimum atomic E-state index is -0.363. The summed E-state index contributed by atoms with van der Waals surface area (Å²) in [7, 11) is 0. The molecule has 19 heavy (non-hydrogen) atoms. The van der Waals surface area contributed by atoms with Gasteiger partial charge in [0.1, 0.15) is 0 Å². The highest BCUT2D eigenvalue weighted by molar-refractivity contribution is 5.11. The number of hydrogen-bond acceptors (Lipinski definition) is 5. The van der Waals surface area contributed by atoms with E-state index < -0.39 is 0 Å². The van der Waals surface area contributed by atoms with E-state index in [0.29, 0.717) is 11.7 Å². The molecule has 5 heteroatoms. The van der Waals surface area contributed by atoms with Crippen LogP contribution < -0.4 is 5.73 Å². The lowest BCUT2D eigenvalue weighted by atomic mass is 9.99. The summed E-state index contributed by atoms with van der Waals surface area (Å²) in [4.78, 5) is 8.46. The van der Waals surface area contributed by atoms with Crippen molar-refractivity contribution in [3.63, 3.8) is 0 Å². The number of pyridine rings is 1. The molecule has 2 aromatic heterocycles. The number of hydrogen-bond donors (Lipinski definition) is 1. The molecule has 2 aromatic rings. The third-order valence-corrected chi connectivity index (χ3v) is 3.79. The molecule has 0 spiro atoms. The van der Waals surface area contributed by atoms with Crippen LogP contribution in [-0.2, 0) is 18.4 Å². The quantitative estimate of drug-likeness (QED) is 0.907. The molecule has 0 atom stereocenters. The Hall–Kier alpha value is -1.75. The first kappa shape index (κ1) is 12.3. The predicted molar refractivity (Wildman–Crippen MR) is 70.3 cm³/mol. The van der Waals surface area contributed by atoms with E-state index >= 15 is 0 Å². The second-order valence-corrected chi connectivity index (χ2v) is 5.23. The van der Waals surface area contributed by atoms with Crippen molar-refractivity contribution in [1.82, 2.24) is 15.1 Å². The molecule has 2 heterocycles. The van der Waals surface area contributed by atoms with E-state index in [0.717, 1.165) is 38.5 Å². The van der Waals surface area contributed by atoms with Crippen molar-refractivity contribution in [2.24, 2.45) is 5.73 Å². The molecule has 0 unspecified atom stereocenters. The fraction of sp³-hybridized carbons (Fsp3) is 0.500. The summed E-state index contributed by atoms with van der Waals surface area (Å²) >= 11 is 0. The highest BCUT2D eigenvalue weighted by atomic mass is 16.5. The van der Waals surface area contributed by atoms with Crippen molar-refractivity contribution >= 4 is 0 Å². The van der Waals surface area contributed by atoms with Gasteiger partial charge in [0.15, 0.2) is 5.82 Å². The second kappa shape index (κ2) is 5.09. The van der Waals surface area contributed by atoms with Gasteiger partial charge in [0.2, 0.25) is 5.89 Å². The van der Waals surface area contributed by atoms with E-state index in [1.807, 2.05) is 12.1 Å². The van der Waals surface area contributed by atoms with Gasteiger partial charge in [-0.1, -0.05) is 18.0 Å². The van der Waals surface area contributed by atoms with Crippen LogP contribution in [0.5, 0.6) is 0 Å². The Balaban J connectivity index is 1.65. The van der Waals surface area contributed by atoms with Gasteiger partial charge in [0, 0.05) is 18.8 Å². The van der Waals surface area contributed by atoms with Crippen molar-refractivity contribution in [3.8, 4) is 0 Å². The molecule has 1 aliphatic carbocycles. The van der Waals surface area contributed by atoms with Crippen molar-refractivity contribution in [2.45, 2.75) is 44.1 Å². The van der Waals surface area contributed by atoms with Crippen molar-refractivity contribution in [3.05, 3.63) is 41.8 Å². The van der Waals surface area contributed by atoms with Crippen LogP contribution in [0.4, 0.5) is 0 Å². The lowest BCUT2D eigenvalue weighted by Gasteiger charge is -2.17. The third kappa shape index (κ3) is 2.66. The molecule has 5 nitrogen and oxygen atoms in total. The molecular weight excluding hydrogens is 240 g/mol. The minimum absolute atomic E-state index is 0.363. The first-order valence-corrected chi connectivity index (χ1v) is 6.77. The summed E-state index contributed by atoms with van der Waals surface area (Å²) in [6, 6.07) is 4.00. The molecule has 1 aliphatic rings. The number of aromatic nitrogens is 3. The van der Waals surface area contributed by atoms with E-state index in [1.165, 1.54) is 5.56 Å². The van der Waals surface area contributed by atoms with Gasteiger partial charge in [0.05, 0.1) is 5.54 Å². The van der Waals surface area contributed by atoms with Crippen LogP contribution in [0.1, 0.15) is 43.0 Å². The monoisotopic (exact) mass is 258 g/mol. The van der Waals surface area contributed by atoms with E-state index in [1.54, 1.807) is 12.4 Å². The highest BCUT2D eigenvalue weighted by Crippen LogP contribution is 2.34. The molecule has 0 bridgehead atoms. The molecule has 0 amide bonds. The average Bonchev–Trinajstić information content (AvgIpc) is 3.07. The van der Waals surface area contributed by atoms with Gasteiger partial charge in [-0.25, -0.2) is 0 Å². The number of nitrogens with two attached hydrogens (primary N) is 1. The van der Waals surface area contributed by atoms with Gasteiger partial charge in [-0.05, 0) is 37.0 Å². The molecule has 0 radical (unpaired) electrons. The molecule has 0 saturated heterocycles. The zero-order valence-corrected chi connectivity index (χ0v) is 10.9. The van der Waals surface area contributed by atoms with Crippen LogP contribution in [0.15, 0.2) is 29.0 Å². The first-order valence-electron chi connectivity index (χ1n) is 6.77. The fourth-order valence-electron chi connectivity index (χ4n) is 2.59. The van der Waals surface area contributed by atoms with Crippen LogP contribution in [0.2, 0.25) is 0 Å². The topological polar surface area (TPSA) is 77.8 Å². The highest BCUT2D eigenvalue weighted by Gasteiger charge is 2.35. The Morgan fingerprint density at radius 2 is 1.89 bits per heavy atom. The largest absolute Gasteiger partial charge is 0.339 e. The van der Waals surface area contributed by atoms with Gasteiger partial charge in [-0.3, -0.25) is 4.98 Å². The average molecular weight is 258 g/mol. The van der Waals surface area contributed by atoms with E-state index in [9.17, 15) is 0 Å². The lowest BCUT2D eigenvalue weighted by molar-refractivity contribution is 0.348. The summed E-state index contributed by atoms with van der Waals surface area (Å²) in [5.41, 5.74) is 7.17. The van der Waals surface area contributed by atoms with E-state index in [-0.39, 0.29) is 5.54 Å².